The zero-order valence-electron chi connectivity index (χ0n) is 12.8. The average molecular weight is 298 g/mol. The van der Waals surface area contributed by atoms with Crippen molar-refractivity contribution in [2.24, 2.45) is 5.92 Å². The Bertz CT molecular complexity index is 284. The smallest absolute Gasteiger partial charge is 0.230 e. The van der Waals surface area contributed by atoms with Crippen LogP contribution in [-0.2, 0) is 4.79 Å². The summed E-state index contributed by atoms with van der Waals surface area (Å²) in [4.78, 5) is 12.1. The zero-order valence-corrected chi connectivity index (χ0v) is 13.6. The molecule has 2 rings (SSSR count). The molecule has 20 heavy (non-hydrogen) atoms. The molecule has 1 heterocycles. The highest BCUT2D eigenvalue weighted by Gasteiger charge is 2.21. The van der Waals surface area contributed by atoms with Crippen LogP contribution in [0.15, 0.2) is 0 Å². The fraction of sp³-hybridized carbons (Fsp3) is 0.938. The van der Waals surface area contributed by atoms with E-state index >= 15 is 0 Å². The SMILES string of the molecule is C[C@@H](NC(=O)CSC1CCNCC1)C1CCCCCC1. The lowest BCUT2D eigenvalue weighted by Gasteiger charge is -2.25. The molecule has 0 bridgehead atoms. The maximum absolute atomic E-state index is 12.1. The van der Waals surface area contributed by atoms with E-state index in [-0.39, 0.29) is 5.91 Å². The first-order valence-corrected chi connectivity index (χ1v) is 9.42. The van der Waals surface area contributed by atoms with Crippen molar-refractivity contribution in [3.63, 3.8) is 0 Å². The van der Waals surface area contributed by atoms with Gasteiger partial charge >= 0.3 is 0 Å². The van der Waals surface area contributed by atoms with Gasteiger partial charge in [0.25, 0.3) is 0 Å². The molecule has 2 N–H and O–H groups in total. The summed E-state index contributed by atoms with van der Waals surface area (Å²) in [5.41, 5.74) is 0. The van der Waals surface area contributed by atoms with Gasteiger partial charge in [-0.05, 0) is 51.6 Å². The summed E-state index contributed by atoms with van der Waals surface area (Å²) in [6.07, 6.45) is 10.4. The first-order valence-electron chi connectivity index (χ1n) is 8.37. The summed E-state index contributed by atoms with van der Waals surface area (Å²) in [6, 6.07) is 0.356. The van der Waals surface area contributed by atoms with Crippen molar-refractivity contribution in [3.05, 3.63) is 0 Å². The predicted molar refractivity (Wildman–Crippen MR) is 87.1 cm³/mol. The summed E-state index contributed by atoms with van der Waals surface area (Å²) in [6.45, 7) is 4.42. The lowest BCUT2D eigenvalue weighted by molar-refractivity contribution is -0.119. The third-order valence-electron chi connectivity index (χ3n) is 4.73. The number of carbonyl (C=O) groups is 1. The van der Waals surface area contributed by atoms with Crippen LogP contribution < -0.4 is 10.6 Å². The minimum absolute atomic E-state index is 0.241. The molecule has 0 aromatic heterocycles. The predicted octanol–water partition coefficient (Wildman–Crippen LogP) is 2.95. The number of carbonyl (C=O) groups excluding carboxylic acids is 1. The van der Waals surface area contributed by atoms with Gasteiger partial charge < -0.3 is 10.6 Å². The number of hydrogen-bond donors (Lipinski definition) is 2. The third kappa shape index (κ3) is 5.65. The topological polar surface area (TPSA) is 41.1 Å². The number of amides is 1. The van der Waals surface area contributed by atoms with E-state index in [0.717, 1.165) is 13.1 Å². The van der Waals surface area contributed by atoms with E-state index in [4.69, 9.17) is 0 Å². The van der Waals surface area contributed by atoms with Gasteiger partial charge in [0.1, 0.15) is 0 Å². The van der Waals surface area contributed by atoms with Gasteiger partial charge in [0, 0.05) is 11.3 Å². The van der Waals surface area contributed by atoms with Crippen molar-refractivity contribution in [1.82, 2.24) is 10.6 Å². The highest BCUT2D eigenvalue weighted by Crippen LogP contribution is 2.25. The Hall–Kier alpha value is -0.220. The Balaban J connectivity index is 1.64. The van der Waals surface area contributed by atoms with Crippen LogP contribution in [-0.4, -0.2) is 36.0 Å². The van der Waals surface area contributed by atoms with E-state index in [0.29, 0.717) is 23.0 Å². The minimum Gasteiger partial charge on any atom is -0.353 e. The highest BCUT2D eigenvalue weighted by atomic mass is 32.2. The summed E-state index contributed by atoms with van der Waals surface area (Å²) in [5, 5.41) is 7.29. The lowest BCUT2D eigenvalue weighted by Crippen LogP contribution is -2.39. The number of hydrogen-bond acceptors (Lipinski definition) is 3. The molecule has 4 heteroatoms. The van der Waals surface area contributed by atoms with E-state index < -0.39 is 0 Å². The van der Waals surface area contributed by atoms with E-state index in [9.17, 15) is 4.79 Å². The van der Waals surface area contributed by atoms with Crippen LogP contribution in [0.3, 0.4) is 0 Å². The normalized spacial score (nSPS) is 24.1. The molecule has 1 amide bonds. The maximum Gasteiger partial charge on any atom is 0.230 e. The summed E-state index contributed by atoms with van der Waals surface area (Å²) in [5.74, 6) is 1.58. The number of thioether (sulfide) groups is 1. The van der Waals surface area contributed by atoms with Crippen LogP contribution in [0.5, 0.6) is 0 Å². The van der Waals surface area contributed by atoms with Crippen molar-refractivity contribution in [1.29, 1.82) is 0 Å². The molecule has 0 spiro atoms. The van der Waals surface area contributed by atoms with Gasteiger partial charge in [-0.2, -0.15) is 0 Å². The van der Waals surface area contributed by atoms with Crippen LogP contribution in [0, 0.1) is 5.92 Å². The van der Waals surface area contributed by atoms with Gasteiger partial charge in [-0.15, -0.1) is 11.8 Å². The Morgan fingerprint density at radius 2 is 1.80 bits per heavy atom. The highest BCUT2D eigenvalue weighted by molar-refractivity contribution is 8.00. The van der Waals surface area contributed by atoms with E-state index in [1.165, 1.54) is 51.4 Å². The van der Waals surface area contributed by atoms with Crippen LogP contribution in [0.25, 0.3) is 0 Å². The third-order valence-corrected chi connectivity index (χ3v) is 6.10. The second-order valence-electron chi connectivity index (χ2n) is 6.37. The molecular weight excluding hydrogens is 268 g/mol. The number of piperidine rings is 1. The van der Waals surface area contributed by atoms with Crippen molar-refractivity contribution in [2.75, 3.05) is 18.8 Å². The molecule has 1 saturated carbocycles. The van der Waals surface area contributed by atoms with Gasteiger partial charge in [-0.25, -0.2) is 0 Å². The van der Waals surface area contributed by atoms with E-state index in [2.05, 4.69) is 17.6 Å². The molecule has 0 aromatic carbocycles. The molecule has 3 nitrogen and oxygen atoms in total. The minimum atomic E-state index is 0.241. The van der Waals surface area contributed by atoms with Crippen LogP contribution in [0.4, 0.5) is 0 Å². The second-order valence-corrected chi connectivity index (χ2v) is 7.66. The Morgan fingerprint density at radius 3 is 2.45 bits per heavy atom. The quantitative estimate of drug-likeness (QED) is 0.767. The van der Waals surface area contributed by atoms with Gasteiger partial charge in [-0.3, -0.25) is 4.79 Å². The molecule has 1 aliphatic carbocycles. The van der Waals surface area contributed by atoms with Crippen LogP contribution >= 0.6 is 11.8 Å². The van der Waals surface area contributed by atoms with Crippen molar-refractivity contribution >= 4 is 17.7 Å². The Kier molecular flexibility index (Phi) is 7.22. The average Bonchev–Trinajstić information content (AvgIpc) is 2.75. The van der Waals surface area contributed by atoms with E-state index in [1.54, 1.807) is 0 Å². The Labute approximate surface area is 128 Å². The van der Waals surface area contributed by atoms with Crippen LogP contribution in [0.1, 0.15) is 58.3 Å². The molecule has 1 saturated heterocycles. The van der Waals surface area contributed by atoms with Crippen LogP contribution in [0.2, 0.25) is 0 Å². The number of nitrogens with one attached hydrogen (secondary N) is 2. The van der Waals surface area contributed by atoms with Gasteiger partial charge in [0.15, 0.2) is 0 Å². The van der Waals surface area contributed by atoms with Gasteiger partial charge in [0.05, 0.1) is 5.75 Å². The molecular formula is C16H30N2OS. The molecule has 1 aliphatic heterocycles. The first kappa shape index (κ1) is 16.2. The lowest BCUT2D eigenvalue weighted by atomic mass is 9.93. The summed E-state index contributed by atoms with van der Waals surface area (Å²) in [7, 11) is 0. The van der Waals surface area contributed by atoms with E-state index in [1.807, 2.05) is 11.8 Å². The molecule has 0 aromatic rings. The number of rotatable bonds is 5. The summed E-state index contributed by atoms with van der Waals surface area (Å²) >= 11 is 1.85. The zero-order chi connectivity index (χ0) is 14.2. The fourth-order valence-corrected chi connectivity index (χ4v) is 4.42. The maximum atomic E-state index is 12.1. The van der Waals surface area contributed by atoms with Crippen molar-refractivity contribution in [2.45, 2.75) is 69.6 Å². The Morgan fingerprint density at radius 1 is 1.15 bits per heavy atom. The van der Waals surface area contributed by atoms with Gasteiger partial charge in [-0.1, -0.05) is 25.7 Å². The van der Waals surface area contributed by atoms with Gasteiger partial charge in [0.2, 0.25) is 5.91 Å². The first-order chi connectivity index (χ1) is 9.75. The largest absolute Gasteiger partial charge is 0.353 e. The van der Waals surface area contributed by atoms with Crippen molar-refractivity contribution < 1.29 is 4.79 Å². The van der Waals surface area contributed by atoms with Crippen molar-refractivity contribution in [3.8, 4) is 0 Å². The fourth-order valence-electron chi connectivity index (χ4n) is 3.38. The molecule has 0 radical (unpaired) electrons. The molecule has 116 valence electrons. The monoisotopic (exact) mass is 298 g/mol. The molecule has 0 unspecified atom stereocenters. The second kappa shape index (κ2) is 8.93. The standard InChI is InChI=1S/C16H30N2OS/c1-13(14-6-4-2-3-5-7-14)18-16(19)12-20-15-8-10-17-11-9-15/h13-15,17H,2-12H2,1H3,(H,18,19)/t13-/m1/s1. The molecule has 1 atom stereocenters. The molecule has 2 fully saturated rings. The summed E-state index contributed by atoms with van der Waals surface area (Å²) < 4.78 is 0. The molecule has 2 aliphatic rings.